The summed E-state index contributed by atoms with van der Waals surface area (Å²) >= 11 is 1.29. The smallest absolute Gasteiger partial charge is 0.256 e. The number of benzene rings is 3. The van der Waals surface area contributed by atoms with Gasteiger partial charge in [-0.05, 0) is 23.8 Å². The molecule has 4 rings (SSSR count). The summed E-state index contributed by atoms with van der Waals surface area (Å²) < 4.78 is 0. The summed E-state index contributed by atoms with van der Waals surface area (Å²) in [5, 5.41) is 14.6. The molecule has 0 saturated heterocycles. The first-order chi connectivity index (χ1) is 11.7. The Kier molecular flexibility index (Phi) is 3.63. The van der Waals surface area contributed by atoms with Crippen molar-refractivity contribution in [3.63, 3.8) is 0 Å². The third-order valence-electron chi connectivity index (χ3n) is 4.09. The van der Waals surface area contributed by atoms with Crippen LogP contribution in [0.2, 0.25) is 0 Å². The van der Waals surface area contributed by atoms with Crippen LogP contribution < -0.4 is 5.32 Å². The predicted molar refractivity (Wildman–Crippen MR) is 96.1 cm³/mol. The Morgan fingerprint density at radius 3 is 2.33 bits per heavy atom. The van der Waals surface area contributed by atoms with Crippen LogP contribution in [0, 0.1) is 0 Å². The number of carbonyl (C=O) groups is 1. The first kappa shape index (κ1) is 15.0. The van der Waals surface area contributed by atoms with Gasteiger partial charge in [0.1, 0.15) is 0 Å². The molecule has 0 bridgehead atoms. The van der Waals surface area contributed by atoms with Crippen molar-refractivity contribution in [2.75, 3.05) is 5.32 Å². The molecular formula is C20H15NO2S. The van der Waals surface area contributed by atoms with Crippen molar-refractivity contribution < 1.29 is 9.90 Å². The van der Waals surface area contributed by atoms with E-state index in [9.17, 15) is 9.90 Å². The minimum atomic E-state index is -1.29. The van der Waals surface area contributed by atoms with Gasteiger partial charge in [0, 0.05) is 16.1 Å². The second-order valence-corrected chi connectivity index (χ2v) is 6.84. The monoisotopic (exact) mass is 333 g/mol. The topological polar surface area (TPSA) is 49.3 Å². The highest BCUT2D eigenvalue weighted by Crippen LogP contribution is 2.49. The standard InChI is InChI=1S/C20H15NO2S/c22-19-15-10-4-7-13-18(15)24-20(23,14-8-2-1-3-9-14)16-11-5-6-12-17(16)21-19/h1-13,23H,(H,21,22). The summed E-state index contributed by atoms with van der Waals surface area (Å²) in [7, 11) is 0. The lowest BCUT2D eigenvalue weighted by Gasteiger charge is -2.32. The lowest BCUT2D eigenvalue weighted by atomic mass is 9.98. The summed E-state index contributed by atoms with van der Waals surface area (Å²) in [6, 6.07) is 24.2. The molecule has 0 radical (unpaired) electrons. The van der Waals surface area contributed by atoms with Crippen LogP contribution >= 0.6 is 11.8 Å². The van der Waals surface area contributed by atoms with Crippen LogP contribution in [0.15, 0.2) is 83.8 Å². The fourth-order valence-corrected chi connectivity index (χ4v) is 4.19. The number of hydrogen-bond donors (Lipinski definition) is 2. The number of para-hydroxylation sites is 1. The second-order valence-electron chi connectivity index (χ2n) is 5.61. The molecule has 0 spiro atoms. The van der Waals surface area contributed by atoms with Crippen LogP contribution in [0.3, 0.4) is 0 Å². The van der Waals surface area contributed by atoms with Gasteiger partial charge in [-0.2, -0.15) is 0 Å². The molecule has 1 atom stereocenters. The van der Waals surface area contributed by atoms with Gasteiger partial charge in [0.05, 0.1) is 5.56 Å². The average Bonchev–Trinajstić information content (AvgIpc) is 2.62. The maximum absolute atomic E-state index is 12.6. The van der Waals surface area contributed by atoms with E-state index in [2.05, 4.69) is 5.32 Å². The molecule has 24 heavy (non-hydrogen) atoms. The summed E-state index contributed by atoms with van der Waals surface area (Å²) in [6.07, 6.45) is 0. The van der Waals surface area contributed by atoms with Crippen LogP contribution in [0.1, 0.15) is 21.5 Å². The van der Waals surface area contributed by atoms with Gasteiger partial charge in [0.15, 0.2) is 4.93 Å². The quantitative estimate of drug-likeness (QED) is 0.700. The number of hydrogen-bond acceptors (Lipinski definition) is 3. The number of carbonyl (C=O) groups excluding carboxylic acids is 1. The van der Waals surface area contributed by atoms with Crippen molar-refractivity contribution >= 4 is 23.4 Å². The zero-order valence-electron chi connectivity index (χ0n) is 12.8. The molecule has 3 nitrogen and oxygen atoms in total. The molecular weight excluding hydrogens is 318 g/mol. The van der Waals surface area contributed by atoms with E-state index < -0.39 is 4.93 Å². The molecule has 118 valence electrons. The Morgan fingerprint density at radius 2 is 1.50 bits per heavy atom. The van der Waals surface area contributed by atoms with Gasteiger partial charge in [0.25, 0.3) is 5.91 Å². The molecule has 4 heteroatoms. The Morgan fingerprint density at radius 1 is 0.833 bits per heavy atom. The highest BCUT2D eigenvalue weighted by molar-refractivity contribution is 8.00. The lowest BCUT2D eigenvalue weighted by Crippen LogP contribution is -2.28. The molecule has 1 unspecified atom stereocenters. The maximum atomic E-state index is 12.6. The van der Waals surface area contributed by atoms with Crippen molar-refractivity contribution in [1.82, 2.24) is 0 Å². The van der Waals surface area contributed by atoms with E-state index in [1.54, 1.807) is 6.07 Å². The molecule has 0 aromatic heterocycles. The van der Waals surface area contributed by atoms with Gasteiger partial charge in [-0.25, -0.2) is 0 Å². The highest BCUT2D eigenvalue weighted by atomic mass is 32.2. The predicted octanol–water partition coefficient (Wildman–Crippen LogP) is 4.24. The fourth-order valence-electron chi connectivity index (χ4n) is 2.91. The van der Waals surface area contributed by atoms with Gasteiger partial charge in [-0.3, -0.25) is 4.79 Å². The van der Waals surface area contributed by atoms with Crippen LogP contribution in [0.25, 0.3) is 0 Å². The van der Waals surface area contributed by atoms with Crippen molar-refractivity contribution in [2.45, 2.75) is 9.83 Å². The number of nitrogens with one attached hydrogen (secondary N) is 1. The molecule has 1 aliphatic heterocycles. The Bertz CT molecular complexity index is 910. The number of amides is 1. The Labute approximate surface area is 144 Å². The molecule has 3 aromatic rings. The third-order valence-corrected chi connectivity index (χ3v) is 5.42. The summed E-state index contributed by atoms with van der Waals surface area (Å²) in [5.41, 5.74) is 2.62. The molecule has 0 fully saturated rings. The minimum absolute atomic E-state index is 0.166. The normalized spacial score (nSPS) is 19.5. The van der Waals surface area contributed by atoms with Crippen LogP contribution in [0.4, 0.5) is 5.69 Å². The van der Waals surface area contributed by atoms with Crippen LogP contribution in [-0.4, -0.2) is 11.0 Å². The van der Waals surface area contributed by atoms with Gasteiger partial charge in [-0.1, -0.05) is 72.4 Å². The van der Waals surface area contributed by atoms with Gasteiger partial charge >= 0.3 is 0 Å². The minimum Gasteiger partial charge on any atom is -0.371 e. The van der Waals surface area contributed by atoms with Gasteiger partial charge in [-0.15, -0.1) is 0 Å². The number of rotatable bonds is 1. The van der Waals surface area contributed by atoms with Crippen molar-refractivity contribution in [3.05, 3.63) is 95.6 Å². The van der Waals surface area contributed by atoms with E-state index in [-0.39, 0.29) is 5.91 Å². The maximum Gasteiger partial charge on any atom is 0.256 e. The number of fused-ring (bicyclic) bond motifs is 2. The third kappa shape index (κ3) is 2.40. The number of aliphatic hydroxyl groups is 1. The van der Waals surface area contributed by atoms with E-state index in [0.717, 1.165) is 10.5 Å². The zero-order valence-corrected chi connectivity index (χ0v) is 13.6. The van der Waals surface area contributed by atoms with E-state index in [1.807, 2.05) is 72.8 Å². The summed E-state index contributed by atoms with van der Waals surface area (Å²) in [6.45, 7) is 0. The molecule has 1 heterocycles. The molecule has 0 aliphatic carbocycles. The molecule has 3 aromatic carbocycles. The number of thioether (sulfide) groups is 1. The Hall–Kier alpha value is -2.56. The first-order valence-electron chi connectivity index (χ1n) is 7.65. The molecule has 1 amide bonds. The van der Waals surface area contributed by atoms with Crippen molar-refractivity contribution in [2.24, 2.45) is 0 Å². The lowest BCUT2D eigenvalue weighted by molar-refractivity contribution is 0.102. The Balaban J connectivity index is 1.98. The van der Waals surface area contributed by atoms with Crippen LogP contribution in [-0.2, 0) is 4.93 Å². The zero-order chi connectivity index (χ0) is 16.6. The summed E-state index contributed by atoms with van der Waals surface area (Å²) in [5.74, 6) is -0.166. The van der Waals surface area contributed by atoms with Crippen molar-refractivity contribution in [1.29, 1.82) is 0 Å². The number of anilines is 1. The fraction of sp³-hybridized carbons (Fsp3) is 0.0500. The molecule has 1 aliphatic rings. The summed E-state index contributed by atoms with van der Waals surface area (Å²) in [4.78, 5) is 12.0. The molecule has 0 saturated carbocycles. The van der Waals surface area contributed by atoms with Gasteiger partial charge < -0.3 is 10.4 Å². The second kappa shape index (κ2) is 5.82. The van der Waals surface area contributed by atoms with Crippen LogP contribution in [0.5, 0.6) is 0 Å². The van der Waals surface area contributed by atoms with Gasteiger partial charge in [0.2, 0.25) is 0 Å². The SMILES string of the molecule is O=C1Nc2ccccc2C(O)(c2ccccc2)Sc2ccccc21. The highest BCUT2D eigenvalue weighted by Gasteiger charge is 2.38. The molecule has 2 N–H and O–H groups in total. The van der Waals surface area contributed by atoms with Crippen molar-refractivity contribution in [3.8, 4) is 0 Å². The average molecular weight is 333 g/mol. The van der Waals surface area contributed by atoms with E-state index in [4.69, 9.17) is 0 Å². The van der Waals surface area contributed by atoms with E-state index in [0.29, 0.717) is 16.8 Å². The van der Waals surface area contributed by atoms with E-state index in [1.165, 1.54) is 11.8 Å². The van der Waals surface area contributed by atoms with E-state index >= 15 is 0 Å². The largest absolute Gasteiger partial charge is 0.371 e. The first-order valence-corrected chi connectivity index (χ1v) is 8.47.